The highest BCUT2D eigenvalue weighted by molar-refractivity contribution is 14.0. The van der Waals surface area contributed by atoms with E-state index in [0.717, 1.165) is 63.0 Å². The molecule has 5 nitrogen and oxygen atoms in total. The molecule has 138 valence electrons. The van der Waals surface area contributed by atoms with E-state index in [4.69, 9.17) is 14.5 Å². The van der Waals surface area contributed by atoms with Crippen LogP contribution in [-0.4, -0.2) is 51.3 Å². The van der Waals surface area contributed by atoms with Crippen LogP contribution in [0.4, 0.5) is 0 Å². The van der Waals surface area contributed by atoms with Crippen molar-refractivity contribution in [2.45, 2.75) is 33.2 Å². The lowest BCUT2D eigenvalue weighted by molar-refractivity contribution is 0.144. The first-order valence-corrected chi connectivity index (χ1v) is 8.42. The van der Waals surface area contributed by atoms with Crippen LogP contribution in [-0.2, 0) is 11.3 Å². The minimum absolute atomic E-state index is 0. The number of ether oxygens (including phenoxy) is 2. The first kappa shape index (κ1) is 23.0. The van der Waals surface area contributed by atoms with Crippen molar-refractivity contribution in [3.63, 3.8) is 0 Å². The third-order valence-corrected chi connectivity index (χ3v) is 3.46. The lowest BCUT2D eigenvalue weighted by Gasteiger charge is -2.23. The molecule has 0 heterocycles. The topological polar surface area (TPSA) is 46.1 Å². The Bertz CT molecular complexity index is 469. The number of aliphatic imine (C=N–C) groups is 1. The van der Waals surface area contributed by atoms with E-state index in [9.17, 15) is 0 Å². The maximum absolute atomic E-state index is 5.42. The third-order valence-electron chi connectivity index (χ3n) is 3.46. The van der Waals surface area contributed by atoms with Gasteiger partial charge in [-0.25, -0.2) is 0 Å². The number of para-hydroxylation sites is 1. The Kier molecular flexibility index (Phi) is 13.7. The molecule has 1 aromatic carbocycles. The zero-order valence-electron chi connectivity index (χ0n) is 15.4. The van der Waals surface area contributed by atoms with E-state index in [1.165, 1.54) is 0 Å². The summed E-state index contributed by atoms with van der Waals surface area (Å²) in [6.45, 7) is 8.14. The van der Waals surface area contributed by atoms with Crippen LogP contribution in [0.25, 0.3) is 0 Å². The second-order valence-corrected chi connectivity index (χ2v) is 5.31. The molecule has 0 spiro atoms. The van der Waals surface area contributed by atoms with E-state index in [1.54, 1.807) is 7.11 Å². The second kappa shape index (κ2) is 14.3. The van der Waals surface area contributed by atoms with Crippen LogP contribution in [0.2, 0.25) is 0 Å². The molecule has 6 heteroatoms. The SMILES string of the molecule is CCNC(=NCCCCOCC)N(C)Cc1ccccc1OC.I. The zero-order valence-corrected chi connectivity index (χ0v) is 17.7. The lowest BCUT2D eigenvalue weighted by atomic mass is 10.2. The molecule has 0 aliphatic rings. The van der Waals surface area contributed by atoms with Crippen LogP contribution in [0.1, 0.15) is 32.3 Å². The Labute approximate surface area is 163 Å². The number of benzene rings is 1. The summed E-state index contributed by atoms with van der Waals surface area (Å²) in [4.78, 5) is 6.83. The molecule has 0 atom stereocenters. The van der Waals surface area contributed by atoms with Crippen molar-refractivity contribution in [1.82, 2.24) is 10.2 Å². The molecule has 0 saturated heterocycles. The molecule has 0 aliphatic heterocycles. The molecule has 0 amide bonds. The average Bonchev–Trinajstić information content (AvgIpc) is 2.57. The molecule has 0 fully saturated rings. The molecule has 0 aromatic heterocycles. The predicted octanol–water partition coefficient (Wildman–Crippen LogP) is 3.53. The largest absolute Gasteiger partial charge is 0.496 e. The monoisotopic (exact) mass is 449 g/mol. The summed E-state index contributed by atoms with van der Waals surface area (Å²) < 4.78 is 10.8. The molecule has 0 bridgehead atoms. The Morgan fingerprint density at radius 1 is 1.21 bits per heavy atom. The predicted molar refractivity (Wildman–Crippen MR) is 112 cm³/mol. The van der Waals surface area contributed by atoms with Crippen molar-refractivity contribution in [1.29, 1.82) is 0 Å². The first-order valence-electron chi connectivity index (χ1n) is 8.42. The van der Waals surface area contributed by atoms with Crippen LogP contribution < -0.4 is 10.1 Å². The van der Waals surface area contributed by atoms with Crippen LogP contribution >= 0.6 is 24.0 Å². The van der Waals surface area contributed by atoms with Gasteiger partial charge < -0.3 is 19.7 Å². The number of halogens is 1. The molecular weight excluding hydrogens is 417 g/mol. The normalized spacial score (nSPS) is 10.9. The van der Waals surface area contributed by atoms with Gasteiger partial charge in [0.25, 0.3) is 0 Å². The van der Waals surface area contributed by atoms with Crippen molar-refractivity contribution < 1.29 is 9.47 Å². The van der Waals surface area contributed by atoms with Crippen LogP contribution in [0.5, 0.6) is 5.75 Å². The van der Waals surface area contributed by atoms with E-state index < -0.39 is 0 Å². The van der Waals surface area contributed by atoms with Gasteiger partial charge in [0.15, 0.2) is 5.96 Å². The van der Waals surface area contributed by atoms with E-state index in [0.29, 0.717) is 0 Å². The maximum atomic E-state index is 5.42. The minimum Gasteiger partial charge on any atom is -0.496 e. The molecule has 0 radical (unpaired) electrons. The van der Waals surface area contributed by atoms with Gasteiger partial charge in [-0.05, 0) is 32.8 Å². The summed E-state index contributed by atoms with van der Waals surface area (Å²) in [6.07, 6.45) is 2.09. The molecule has 0 unspecified atom stereocenters. The van der Waals surface area contributed by atoms with Gasteiger partial charge in [-0.1, -0.05) is 18.2 Å². The smallest absolute Gasteiger partial charge is 0.193 e. The fourth-order valence-corrected chi connectivity index (χ4v) is 2.28. The first-order chi connectivity index (χ1) is 11.2. The summed E-state index contributed by atoms with van der Waals surface area (Å²) in [6, 6.07) is 8.09. The number of unbranched alkanes of at least 4 members (excludes halogenated alkanes) is 1. The van der Waals surface area contributed by atoms with Crippen LogP contribution in [0.3, 0.4) is 0 Å². The molecule has 1 aromatic rings. The number of hydrogen-bond acceptors (Lipinski definition) is 3. The highest BCUT2D eigenvalue weighted by atomic mass is 127. The van der Waals surface area contributed by atoms with E-state index >= 15 is 0 Å². The summed E-state index contributed by atoms with van der Waals surface area (Å²) in [5.41, 5.74) is 1.15. The van der Waals surface area contributed by atoms with E-state index in [-0.39, 0.29) is 24.0 Å². The summed E-state index contributed by atoms with van der Waals surface area (Å²) in [5.74, 6) is 1.83. The number of methoxy groups -OCH3 is 1. The zero-order chi connectivity index (χ0) is 16.9. The number of nitrogens with one attached hydrogen (secondary N) is 1. The van der Waals surface area contributed by atoms with Crippen molar-refractivity contribution in [2.24, 2.45) is 4.99 Å². The Morgan fingerprint density at radius 3 is 2.62 bits per heavy atom. The number of hydrogen-bond donors (Lipinski definition) is 1. The molecule has 0 saturated carbocycles. The molecule has 0 aliphatic carbocycles. The second-order valence-electron chi connectivity index (χ2n) is 5.31. The lowest BCUT2D eigenvalue weighted by Crippen LogP contribution is -2.38. The summed E-state index contributed by atoms with van der Waals surface area (Å²) >= 11 is 0. The van der Waals surface area contributed by atoms with Gasteiger partial charge in [0.05, 0.1) is 7.11 Å². The van der Waals surface area contributed by atoms with Crippen LogP contribution in [0, 0.1) is 0 Å². The van der Waals surface area contributed by atoms with Crippen molar-refractivity contribution >= 4 is 29.9 Å². The van der Waals surface area contributed by atoms with E-state index in [2.05, 4.69) is 23.2 Å². The van der Waals surface area contributed by atoms with Gasteiger partial charge in [-0.15, -0.1) is 24.0 Å². The van der Waals surface area contributed by atoms with Crippen LogP contribution in [0.15, 0.2) is 29.3 Å². The van der Waals surface area contributed by atoms with Gasteiger partial charge in [-0.2, -0.15) is 0 Å². The molecule has 24 heavy (non-hydrogen) atoms. The fraction of sp³-hybridized carbons (Fsp3) is 0.611. The molecule has 1 N–H and O–H groups in total. The Balaban J connectivity index is 0.00000529. The van der Waals surface area contributed by atoms with Gasteiger partial charge in [-0.3, -0.25) is 4.99 Å². The number of rotatable bonds is 10. The highest BCUT2D eigenvalue weighted by Gasteiger charge is 2.09. The minimum atomic E-state index is 0. The standard InChI is InChI=1S/C18H31N3O2.HI/c1-5-19-18(20-13-9-10-14-23-6-2)21(3)15-16-11-7-8-12-17(16)22-4;/h7-8,11-12H,5-6,9-10,13-15H2,1-4H3,(H,19,20);1H. The fourth-order valence-electron chi connectivity index (χ4n) is 2.28. The maximum Gasteiger partial charge on any atom is 0.193 e. The molecular formula is C18H32IN3O2. The van der Waals surface area contributed by atoms with Gasteiger partial charge in [0.2, 0.25) is 0 Å². The number of guanidine groups is 1. The van der Waals surface area contributed by atoms with Crippen molar-refractivity contribution in [3.8, 4) is 5.75 Å². The Morgan fingerprint density at radius 2 is 1.96 bits per heavy atom. The molecule has 1 rings (SSSR count). The Hall–Kier alpha value is -1.02. The van der Waals surface area contributed by atoms with Gasteiger partial charge >= 0.3 is 0 Å². The van der Waals surface area contributed by atoms with Crippen molar-refractivity contribution in [2.75, 3.05) is 40.5 Å². The average molecular weight is 449 g/mol. The quantitative estimate of drug-likeness (QED) is 0.257. The van der Waals surface area contributed by atoms with E-state index in [1.807, 2.05) is 32.2 Å². The highest BCUT2D eigenvalue weighted by Crippen LogP contribution is 2.18. The van der Waals surface area contributed by atoms with Gasteiger partial charge in [0.1, 0.15) is 5.75 Å². The summed E-state index contributed by atoms with van der Waals surface area (Å²) in [5, 5.41) is 3.35. The van der Waals surface area contributed by atoms with Gasteiger partial charge in [0, 0.05) is 45.5 Å². The summed E-state index contributed by atoms with van der Waals surface area (Å²) in [7, 11) is 3.75. The number of nitrogens with zero attached hydrogens (tertiary/aromatic N) is 2. The van der Waals surface area contributed by atoms with Crippen molar-refractivity contribution in [3.05, 3.63) is 29.8 Å². The third kappa shape index (κ3) is 8.73.